The Bertz CT molecular complexity index is 412. The number of rotatable bonds is 7. The number of ether oxygens (including phenoxy) is 1. The minimum absolute atomic E-state index is 0.0335. The Hall–Kier alpha value is -1.21. The summed E-state index contributed by atoms with van der Waals surface area (Å²) in [5, 5.41) is 3.06. The van der Waals surface area contributed by atoms with E-state index in [1.165, 1.54) is 0 Å². The number of hydrogen-bond acceptors (Lipinski definition) is 4. The van der Waals surface area contributed by atoms with Crippen molar-refractivity contribution in [3.8, 4) is 0 Å². The molecule has 114 valence electrons. The molecular weight excluding hydrogens is 271 g/mol. The molecule has 0 aliphatic heterocycles. The lowest BCUT2D eigenvalue weighted by molar-refractivity contribution is -0.173. The zero-order chi connectivity index (χ0) is 15.2. The first-order valence-corrected chi connectivity index (χ1v) is 6.45. The molecule has 1 aromatic rings. The van der Waals surface area contributed by atoms with Crippen molar-refractivity contribution in [2.24, 2.45) is 0 Å². The van der Waals surface area contributed by atoms with Gasteiger partial charge in [-0.1, -0.05) is 0 Å². The van der Waals surface area contributed by atoms with Gasteiger partial charge in [0.1, 0.15) is 12.4 Å². The van der Waals surface area contributed by atoms with Crippen LogP contribution in [-0.4, -0.2) is 43.0 Å². The van der Waals surface area contributed by atoms with Crippen molar-refractivity contribution >= 4 is 0 Å². The Morgan fingerprint density at radius 1 is 1.10 bits per heavy atom. The first-order valence-electron chi connectivity index (χ1n) is 6.45. The van der Waals surface area contributed by atoms with Gasteiger partial charge in [-0.05, 0) is 39.4 Å². The van der Waals surface area contributed by atoms with Crippen LogP contribution in [0.4, 0.5) is 13.2 Å². The van der Waals surface area contributed by atoms with Crippen LogP contribution in [0, 0.1) is 13.8 Å². The fraction of sp³-hybridized carbons (Fsp3) is 0.692. The lowest BCUT2D eigenvalue weighted by atomic mass is 10.1. The zero-order valence-electron chi connectivity index (χ0n) is 12.0. The average Bonchev–Trinajstić information content (AvgIpc) is 2.33. The van der Waals surface area contributed by atoms with E-state index in [1.54, 1.807) is 0 Å². The van der Waals surface area contributed by atoms with Crippen LogP contribution in [-0.2, 0) is 17.6 Å². The SMILES string of the molecule is CNCCc1c(C)nc(CCOCC(F)(F)F)nc1C. The largest absolute Gasteiger partial charge is 0.411 e. The van der Waals surface area contributed by atoms with Crippen molar-refractivity contribution in [2.45, 2.75) is 32.9 Å². The van der Waals surface area contributed by atoms with Crippen molar-refractivity contribution in [3.63, 3.8) is 0 Å². The maximum atomic E-state index is 11.9. The minimum Gasteiger partial charge on any atom is -0.372 e. The molecule has 0 fully saturated rings. The van der Waals surface area contributed by atoms with Crippen molar-refractivity contribution in [1.29, 1.82) is 0 Å². The van der Waals surface area contributed by atoms with Crippen molar-refractivity contribution in [3.05, 3.63) is 22.8 Å². The van der Waals surface area contributed by atoms with Crippen LogP contribution in [0.3, 0.4) is 0 Å². The fourth-order valence-electron chi connectivity index (χ4n) is 1.88. The molecule has 1 rings (SSSR count). The van der Waals surface area contributed by atoms with Gasteiger partial charge in [-0.3, -0.25) is 0 Å². The molecule has 0 unspecified atom stereocenters. The number of nitrogens with one attached hydrogen (secondary N) is 1. The third kappa shape index (κ3) is 5.83. The van der Waals surface area contributed by atoms with E-state index in [0.29, 0.717) is 5.82 Å². The average molecular weight is 291 g/mol. The lowest BCUT2D eigenvalue weighted by Crippen LogP contribution is -2.19. The monoisotopic (exact) mass is 291 g/mol. The normalized spacial score (nSPS) is 11.9. The van der Waals surface area contributed by atoms with Crippen LogP contribution in [0.1, 0.15) is 22.8 Å². The van der Waals surface area contributed by atoms with Crippen LogP contribution in [0.15, 0.2) is 0 Å². The van der Waals surface area contributed by atoms with Gasteiger partial charge in [0.15, 0.2) is 0 Å². The summed E-state index contributed by atoms with van der Waals surface area (Å²) in [6, 6.07) is 0. The van der Waals surface area contributed by atoms with E-state index in [1.807, 2.05) is 20.9 Å². The van der Waals surface area contributed by atoms with Crippen molar-refractivity contribution in [2.75, 3.05) is 26.8 Å². The number of aromatic nitrogens is 2. The Kier molecular flexibility index (Phi) is 6.35. The highest BCUT2D eigenvalue weighted by molar-refractivity contribution is 5.24. The Balaban J connectivity index is 2.56. The maximum absolute atomic E-state index is 11.9. The van der Waals surface area contributed by atoms with Crippen LogP contribution in [0.2, 0.25) is 0 Å². The summed E-state index contributed by atoms with van der Waals surface area (Å²) >= 11 is 0. The number of hydrogen-bond donors (Lipinski definition) is 1. The van der Waals surface area contributed by atoms with E-state index in [0.717, 1.165) is 29.9 Å². The molecule has 7 heteroatoms. The molecule has 20 heavy (non-hydrogen) atoms. The summed E-state index contributed by atoms with van der Waals surface area (Å²) in [6.45, 7) is 3.35. The first kappa shape index (κ1) is 16.8. The molecule has 0 saturated carbocycles. The van der Waals surface area contributed by atoms with E-state index in [-0.39, 0.29) is 13.0 Å². The quantitative estimate of drug-likeness (QED) is 0.780. The lowest BCUT2D eigenvalue weighted by Gasteiger charge is -2.11. The van der Waals surface area contributed by atoms with Crippen LogP contribution < -0.4 is 5.32 Å². The molecule has 0 aliphatic rings. The Morgan fingerprint density at radius 3 is 2.20 bits per heavy atom. The molecule has 1 aromatic heterocycles. The third-order valence-electron chi connectivity index (χ3n) is 2.83. The molecule has 0 bridgehead atoms. The molecule has 0 spiro atoms. The maximum Gasteiger partial charge on any atom is 0.411 e. The van der Waals surface area contributed by atoms with Crippen LogP contribution >= 0.6 is 0 Å². The van der Waals surface area contributed by atoms with Gasteiger partial charge in [-0.25, -0.2) is 9.97 Å². The Morgan fingerprint density at radius 2 is 1.70 bits per heavy atom. The van der Waals surface area contributed by atoms with Gasteiger partial charge in [0.05, 0.1) is 6.61 Å². The molecule has 0 amide bonds. The van der Waals surface area contributed by atoms with Gasteiger partial charge >= 0.3 is 6.18 Å². The second-order valence-corrected chi connectivity index (χ2v) is 4.56. The summed E-state index contributed by atoms with van der Waals surface area (Å²) in [5.74, 6) is 0.524. The highest BCUT2D eigenvalue weighted by atomic mass is 19.4. The van der Waals surface area contributed by atoms with Crippen LogP contribution in [0.25, 0.3) is 0 Å². The number of likely N-dealkylation sites (N-methyl/N-ethyl adjacent to an activating group) is 1. The second kappa shape index (κ2) is 7.54. The standard InChI is InChI=1S/C13H20F3N3O/c1-9-11(4-6-17-3)10(2)19-12(18-9)5-7-20-8-13(14,15)16/h17H,4-8H2,1-3H3. The van der Waals surface area contributed by atoms with Gasteiger partial charge in [0.25, 0.3) is 0 Å². The van der Waals surface area contributed by atoms with Crippen molar-refractivity contribution < 1.29 is 17.9 Å². The van der Waals surface area contributed by atoms with Gasteiger partial charge in [-0.2, -0.15) is 13.2 Å². The van der Waals surface area contributed by atoms with E-state index in [9.17, 15) is 13.2 Å². The molecule has 0 aliphatic carbocycles. The molecular formula is C13H20F3N3O. The number of halogens is 3. The van der Waals surface area contributed by atoms with Gasteiger partial charge in [-0.15, -0.1) is 0 Å². The molecule has 0 atom stereocenters. The zero-order valence-corrected chi connectivity index (χ0v) is 12.0. The molecule has 0 aromatic carbocycles. The van der Waals surface area contributed by atoms with E-state index in [4.69, 9.17) is 0 Å². The first-order chi connectivity index (χ1) is 9.33. The molecule has 1 heterocycles. The highest BCUT2D eigenvalue weighted by Gasteiger charge is 2.27. The summed E-state index contributed by atoms with van der Waals surface area (Å²) in [4.78, 5) is 8.64. The summed E-state index contributed by atoms with van der Waals surface area (Å²) in [5.41, 5.74) is 2.83. The summed E-state index contributed by atoms with van der Waals surface area (Å²) in [6.07, 6.45) is -3.17. The smallest absolute Gasteiger partial charge is 0.372 e. The number of nitrogens with zero attached hydrogens (tertiary/aromatic N) is 2. The van der Waals surface area contributed by atoms with Crippen molar-refractivity contribution in [1.82, 2.24) is 15.3 Å². The highest BCUT2D eigenvalue weighted by Crippen LogP contribution is 2.15. The van der Waals surface area contributed by atoms with Gasteiger partial charge < -0.3 is 10.1 Å². The summed E-state index contributed by atoms with van der Waals surface area (Å²) < 4.78 is 40.3. The van der Waals surface area contributed by atoms with Gasteiger partial charge in [0, 0.05) is 17.8 Å². The second-order valence-electron chi connectivity index (χ2n) is 4.56. The molecule has 4 nitrogen and oxygen atoms in total. The topological polar surface area (TPSA) is 47.0 Å². The fourth-order valence-corrected chi connectivity index (χ4v) is 1.88. The predicted octanol–water partition coefficient (Wildman–Crippen LogP) is 1.98. The molecule has 1 N–H and O–H groups in total. The minimum atomic E-state index is -4.29. The third-order valence-corrected chi connectivity index (χ3v) is 2.83. The molecule has 0 saturated heterocycles. The predicted molar refractivity (Wildman–Crippen MR) is 69.7 cm³/mol. The van der Waals surface area contributed by atoms with E-state index < -0.39 is 12.8 Å². The Labute approximate surface area is 116 Å². The summed E-state index contributed by atoms with van der Waals surface area (Å²) in [7, 11) is 1.87. The van der Waals surface area contributed by atoms with E-state index in [2.05, 4.69) is 20.0 Å². The molecule has 0 radical (unpaired) electrons. The van der Waals surface area contributed by atoms with Crippen LogP contribution in [0.5, 0.6) is 0 Å². The van der Waals surface area contributed by atoms with E-state index >= 15 is 0 Å². The number of aryl methyl sites for hydroxylation is 2. The van der Waals surface area contributed by atoms with Gasteiger partial charge in [0.2, 0.25) is 0 Å². The number of alkyl halides is 3.